The van der Waals surface area contributed by atoms with Gasteiger partial charge in [0.15, 0.2) is 0 Å². The average Bonchev–Trinajstić information content (AvgIpc) is 2.61. The number of hydrazone groups is 1. The number of hydrogen-bond donors (Lipinski definition) is 1. The van der Waals surface area contributed by atoms with Crippen LogP contribution in [0, 0.1) is 22.5 Å². The largest absolute Gasteiger partial charge is 0.480 e. The van der Waals surface area contributed by atoms with Crippen LogP contribution in [0.15, 0.2) is 47.8 Å². The lowest BCUT2D eigenvalue weighted by Crippen LogP contribution is -2.17. The van der Waals surface area contributed by atoms with Crippen LogP contribution in [-0.4, -0.2) is 28.6 Å². The van der Waals surface area contributed by atoms with Crippen molar-refractivity contribution in [3.05, 3.63) is 64.0 Å². The summed E-state index contributed by atoms with van der Waals surface area (Å²) in [6.07, 6.45) is 9.30. The molecule has 2 rings (SSSR count). The fourth-order valence-corrected chi connectivity index (χ4v) is 1.72. The van der Waals surface area contributed by atoms with Gasteiger partial charge in [-0.15, -0.1) is 6.42 Å². The smallest absolute Gasteiger partial charge is 0.272 e. The SMILES string of the molecule is C#CCOc1ccc([N+](=O)[O-])cc1/C=N/NC(=O)c1cccnc1. The normalized spacial score (nSPS) is 10.1. The van der Waals surface area contributed by atoms with Crippen molar-refractivity contribution in [2.75, 3.05) is 6.61 Å². The number of amides is 1. The molecule has 24 heavy (non-hydrogen) atoms. The molecule has 0 spiro atoms. The molecule has 1 amide bonds. The first kappa shape index (κ1) is 16.6. The van der Waals surface area contributed by atoms with E-state index in [0.717, 1.165) is 0 Å². The first-order valence-corrected chi connectivity index (χ1v) is 6.70. The zero-order valence-electron chi connectivity index (χ0n) is 12.4. The summed E-state index contributed by atoms with van der Waals surface area (Å²) in [7, 11) is 0. The van der Waals surface area contributed by atoms with Gasteiger partial charge in [0.25, 0.3) is 11.6 Å². The second-order valence-electron chi connectivity index (χ2n) is 4.41. The van der Waals surface area contributed by atoms with Gasteiger partial charge in [0.05, 0.1) is 16.7 Å². The van der Waals surface area contributed by atoms with Gasteiger partial charge in [-0.25, -0.2) is 5.43 Å². The van der Waals surface area contributed by atoms with E-state index >= 15 is 0 Å². The van der Waals surface area contributed by atoms with Crippen molar-refractivity contribution in [1.82, 2.24) is 10.4 Å². The summed E-state index contributed by atoms with van der Waals surface area (Å²) < 4.78 is 5.29. The molecule has 0 radical (unpaired) electrons. The van der Waals surface area contributed by atoms with Crippen LogP contribution in [0.2, 0.25) is 0 Å². The number of carbonyl (C=O) groups is 1. The van der Waals surface area contributed by atoms with Crippen molar-refractivity contribution in [2.24, 2.45) is 5.10 Å². The number of nitrogens with zero attached hydrogens (tertiary/aromatic N) is 3. The highest BCUT2D eigenvalue weighted by Gasteiger charge is 2.11. The van der Waals surface area contributed by atoms with E-state index in [4.69, 9.17) is 11.2 Å². The molecule has 120 valence electrons. The van der Waals surface area contributed by atoms with E-state index in [0.29, 0.717) is 16.9 Å². The Balaban J connectivity index is 2.17. The van der Waals surface area contributed by atoms with Crippen LogP contribution in [-0.2, 0) is 0 Å². The van der Waals surface area contributed by atoms with Gasteiger partial charge in [0.2, 0.25) is 0 Å². The van der Waals surface area contributed by atoms with Crippen molar-refractivity contribution >= 4 is 17.8 Å². The molecule has 0 aliphatic rings. The Hall–Kier alpha value is -3.73. The fourth-order valence-electron chi connectivity index (χ4n) is 1.72. The van der Waals surface area contributed by atoms with Crippen LogP contribution in [0.5, 0.6) is 5.75 Å². The highest BCUT2D eigenvalue weighted by molar-refractivity contribution is 5.94. The van der Waals surface area contributed by atoms with Crippen LogP contribution in [0.1, 0.15) is 15.9 Å². The highest BCUT2D eigenvalue weighted by atomic mass is 16.6. The quantitative estimate of drug-likeness (QED) is 0.377. The standard InChI is InChI=1S/C16H12N4O4/c1-2-8-24-15-6-5-14(20(22)23)9-13(15)11-18-19-16(21)12-4-3-7-17-10-12/h1,3-7,9-11H,8H2,(H,19,21)/b18-11+. The van der Waals surface area contributed by atoms with Crippen molar-refractivity contribution in [3.63, 3.8) is 0 Å². The minimum absolute atomic E-state index is 0.000689. The number of hydrogen-bond acceptors (Lipinski definition) is 6. The molecule has 0 saturated carbocycles. The van der Waals surface area contributed by atoms with Gasteiger partial charge < -0.3 is 4.74 Å². The average molecular weight is 324 g/mol. The predicted octanol–water partition coefficient (Wildman–Crippen LogP) is 1.77. The number of benzene rings is 1. The summed E-state index contributed by atoms with van der Waals surface area (Å²) >= 11 is 0. The second-order valence-corrected chi connectivity index (χ2v) is 4.41. The molecule has 0 aliphatic heterocycles. The number of rotatable bonds is 6. The molecule has 0 saturated heterocycles. The highest BCUT2D eigenvalue weighted by Crippen LogP contribution is 2.22. The summed E-state index contributed by atoms with van der Waals surface area (Å²) in [4.78, 5) is 26.0. The number of ether oxygens (including phenoxy) is 1. The molecule has 8 nitrogen and oxygen atoms in total. The molecule has 1 aromatic carbocycles. The van der Waals surface area contributed by atoms with E-state index in [2.05, 4.69) is 21.4 Å². The number of pyridine rings is 1. The molecule has 0 unspecified atom stereocenters. The van der Waals surface area contributed by atoms with Gasteiger partial charge in [-0.3, -0.25) is 19.9 Å². The van der Waals surface area contributed by atoms with Gasteiger partial charge in [-0.05, 0) is 18.2 Å². The molecule has 0 bridgehead atoms. The molecule has 1 heterocycles. The Morgan fingerprint density at radius 1 is 1.50 bits per heavy atom. The molecular formula is C16H12N4O4. The number of terminal acetylenes is 1. The van der Waals surface area contributed by atoms with Crippen molar-refractivity contribution in [3.8, 4) is 18.1 Å². The molecule has 2 aromatic rings. The summed E-state index contributed by atoms with van der Waals surface area (Å²) in [6, 6.07) is 7.17. The minimum Gasteiger partial charge on any atom is -0.480 e. The van der Waals surface area contributed by atoms with E-state index in [1.807, 2.05) is 0 Å². The topological polar surface area (TPSA) is 107 Å². The zero-order valence-corrected chi connectivity index (χ0v) is 12.4. The molecule has 1 aromatic heterocycles. The number of nitro groups is 1. The summed E-state index contributed by atoms with van der Waals surface area (Å²) in [5, 5.41) is 14.6. The number of nitro benzene ring substituents is 1. The van der Waals surface area contributed by atoms with E-state index in [1.54, 1.807) is 12.1 Å². The Labute approximate surface area is 137 Å². The van der Waals surface area contributed by atoms with Gasteiger partial charge in [0.1, 0.15) is 12.4 Å². The van der Waals surface area contributed by atoms with Crippen LogP contribution in [0.4, 0.5) is 5.69 Å². The van der Waals surface area contributed by atoms with Gasteiger partial charge >= 0.3 is 0 Å². The third-order valence-electron chi connectivity index (χ3n) is 2.81. The third kappa shape index (κ3) is 4.38. The lowest BCUT2D eigenvalue weighted by atomic mass is 10.2. The van der Waals surface area contributed by atoms with Crippen LogP contribution >= 0.6 is 0 Å². The zero-order chi connectivity index (χ0) is 17.4. The Morgan fingerprint density at radius 2 is 2.33 bits per heavy atom. The molecule has 0 fully saturated rings. The van der Waals surface area contributed by atoms with Crippen LogP contribution < -0.4 is 10.2 Å². The molecule has 8 heteroatoms. The van der Waals surface area contributed by atoms with E-state index in [-0.39, 0.29) is 12.3 Å². The third-order valence-corrected chi connectivity index (χ3v) is 2.81. The van der Waals surface area contributed by atoms with E-state index in [9.17, 15) is 14.9 Å². The number of non-ortho nitro benzene ring substituents is 1. The van der Waals surface area contributed by atoms with Crippen LogP contribution in [0.3, 0.4) is 0 Å². The van der Waals surface area contributed by atoms with Crippen molar-refractivity contribution in [2.45, 2.75) is 0 Å². The van der Waals surface area contributed by atoms with Crippen LogP contribution in [0.25, 0.3) is 0 Å². The number of aromatic nitrogens is 1. The van der Waals surface area contributed by atoms with E-state index < -0.39 is 10.8 Å². The lowest BCUT2D eigenvalue weighted by Gasteiger charge is -2.06. The molecular weight excluding hydrogens is 312 g/mol. The first-order valence-electron chi connectivity index (χ1n) is 6.70. The van der Waals surface area contributed by atoms with E-state index in [1.165, 1.54) is 36.8 Å². The maximum Gasteiger partial charge on any atom is 0.272 e. The summed E-state index contributed by atoms with van der Waals surface area (Å²) in [5.41, 5.74) is 2.81. The van der Waals surface area contributed by atoms with Gasteiger partial charge in [-0.2, -0.15) is 5.10 Å². The number of carbonyl (C=O) groups excluding carboxylic acids is 1. The van der Waals surface area contributed by atoms with Crippen molar-refractivity contribution in [1.29, 1.82) is 0 Å². The Kier molecular flexibility index (Phi) is 5.58. The predicted molar refractivity (Wildman–Crippen MR) is 86.7 cm³/mol. The molecule has 0 atom stereocenters. The molecule has 0 aliphatic carbocycles. The lowest BCUT2D eigenvalue weighted by molar-refractivity contribution is -0.384. The second kappa shape index (κ2) is 8.05. The maximum absolute atomic E-state index is 11.8. The first-order chi connectivity index (χ1) is 11.6. The monoisotopic (exact) mass is 324 g/mol. The maximum atomic E-state index is 11.8. The summed E-state index contributed by atoms with van der Waals surface area (Å²) in [6.45, 7) is 0.000689. The fraction of sp³-hybridized carbons (Fsp3) is 0.0625. The van der Waals surface area contributed by atoms with Gasteiger partial charge in [-0.1, -0.05) is 5.92 Å². The molecule has 1 N–H and O–H groups in total. The van der Waals surface area contributed by atoms with Crippen molar-refractivity contribution < 1.29 is 14.5 Å². The minimum atomic E-state index is -0.545. The Bertz CT molecular complexity index is 813. The number of nitrogens with one attached hydrogen (secondary N) is 1. The van der Waals surface area contributed by atoms with Gasteiger partial charge in [0, 0.05) is 30.1 Å². The Morgan fingerprint density at radius 3 is 3.00 bits per heavy atom. The summed E-state index contributed by atoms with van der Waals surface area (Å²) in [5.74, 6) is 2.15.